The number of hydrogen-bond acceptors (Lipinski definition) is 4. The van der Waals surface area contributed by atoms with Crippen LogP contribution < -0.4 is 10.9 Å². The summed E-state index contributed by atoms with van der Waals surface area (Å²) >= 11 is 0.585. The Labute approximate surface area is 146 Å². The number of anilines is 2. The summed E-state index contributed by atoms with van der Waals surface area (Å²) in [5, 5.41) is 2.10. The number of aromatic nitrogens is 1. The lowest BCUT2D eigenvalue weighted by atomic mass is 10.1. The van der Waals surface area contributed by atoms with Gasteiger partial charge in [-0.15, -0.1) is 0 Å². The van der Waals surface area contributed by atoms with Gasteiger partial charge in [-0.25, -0.2) is 0 Å². The number of alkyl halides is 6. The molecule has 0 unspecified atom stereocenters. The summed E-state index contributed by atoms with van der Waals surface area (Å²) < 4.78 is 79.5. The topological polar surface area (TPSA) is 65.2 Å². The summed E-state index contributed by atoms with van der Waals surface area (Å²) in [5.41, 5.74) is -4.81. The Morgan fingerprint density at radius 2 is 1.54 bits per heavy atom. The van der Waals surface area contributed by atoms with Gasteiger partial charge in [-0.2, -0.15) is 26.3 Å². The van der Waals surface area contributed by atoms with Crippen LogP contribution in [0.4, 0.5) is 37.0 Å². The van der Waals surface area contributed by atoms with Gasteiger partial charge in [-0.05, 0) is 29.7 Å². The van der Waals surface area contributed by atoms with E-state index in [0.29, 0.717) is 23.7 Å². The fourth-order valence-electron chi connectivity index (χ4n) is 1.97. The standard InChI is InChI=1S/C14H11F6N3O2S/c1-23(2)12(25)9-10(24)22-26-11(9)21-8-4-6(13(15,16)17)3-7(5-8)14(18,19)20/h3-5,21H,1-2H3,(H,22,24). The number of rotatable bonds is 3. The minimum Gasteiger partial charge on any atom is -0.345 e. The fourth-order valence-corrected chi connectivity index (χ4v) is 2.71. The molecule has 0 fully saturated rings. The Morgan fingerprint density at radius 1 is 1.04 bits per heavy atom. The van der Waals surface area contributed by atoms with Crippen LogP contribution in [-0.2, 0) is 12.4 Å². The highest BCUT2D eigenvalue weighted by molar-refractivity contribution is 7.10. The minimum absolute atomic E-state index is 0.0172. The molecular formula is C14H11F6N3O2S. The van der Waals surface area contributed by atoms with Crippen molar-refractivity contribution in [1.82, 2.24) is 9.27 Å². The number of hydrogen-bond donors (Lipinski definition) is 2. The van der Waals surface area contributed by atoms with Crippen LogP contribution in [-0.4, -0.2) is 29.3 Å². The first kappa shape index (κ1) is 19.8. The number of nitrogens with zero attached hydrogens (tertiary/aromatic N) is 1. The van der Waals surface area contributed by atoms with E-state index in [4.69, 9.17) is 0 Å². The zero-order valence-electron chi connectivity index (χ0n) is 13.2. The Bertz CT molecular complexity index is 850. The highest BCUT2D eigenvalue weighted by Crippen LogP contribution is 2.38. The van der Waals surface area contributed by atoms with Gasteiger partial charge in [-0.1, -0.05) is 0 Å². The normalized spacial score (nSPS) is 12.2. The molecule has 2 rings (SSSR count). The first-order chi connectivity index (χ1) is 11.8. The van der Waals surface area contributed by atoms with E-state index in [9.17, 15) is 35.9 Å². The molecule has 0 aliphatic carbocycles. The third kappa shape index (κ3) is 4.18. The molecule has 2 aromatic rings. The van der Waals surface area contributed by atoms with Crippen molar-refractivity contribution in [2.24, 2.45) is 0 Å². The molecular weight excluding hydrogens is 388 g/mol. The summed E-state index contributed by atoms with van der Waals surface area (Å²) in [6.45, 7) is 0. The Morgan fingerprint density at radius 3 is 1.96 bits per heavy atom. The predicted molar refractivity (Wildman–Crippen MR) is 82.7 cm³/mol. The van der Waals surface area contributed by atoms with Crippen LogP contribution in [0.3, 0.4) is 0 Å². The third-order valence-electron chi connectivity index (χ3n) is 3.17. The second-order valence-corrected chi connectivity index (χ2v) is 6.17. The van der Waals surface area contributed by atoms with Gasteiger partial charge in [-0.3, -0.25) is 14.0 Å². The Kier molecular flexibility index (Phi) is 5.08. The van der Waals surface area contributed by atoms with Gasteiger partial charge < -0.3 is 10.2 Å². The smallest absolute Gasteiger partial charge is 0.345 e. The maximum absolute atomic E-state index is 12.9. The molecule has 0 spiro atoms. The number of aromatic amines is 1. The van der Waals surface area contributed by atoms with E-state index in [1.54, 1.807) is 0 Å². The van der Waals surface area contributed by atoms with Crippen LogP contribution in [0.5, 0.6) is 0 Å². The SMILES string of the molecule is CN(C)C(=O)c1c(Nc2cc(C(F)(F)F)cc(C(F)(F)F)c2)s[nH]c1=O. The Balaban J connectivity index is 2.54. The number of carbonyl (C=O) groups is 1. The first-order valence-electron chi connectivity index (χ1n) is 6.80. The molecule has 0 saturated carbocycles. The van der Waals surface area contributed by atoms with Crippen LogP contribution in [0.15, 0.2) is 23.0 Å². The second kappa shape index (κ2) is 6.67. The highest BCUT2D eigenvalue weighted by Gasteiger charge is 2.37. The van der Waals surface area contributed by atoms with Crippen molar-refractivity contribution in [2.75, 3.05) is 19.4 Å². The van der Waals surface area contributed by atoms with E-state index in [1.807, 2.05) is 0 Å². The second-order valence-electron chi connectivity index (χ2n) is 5.36. The van der Waals surface area contributed by atoms with Crippen LogP contribution >= 0.6 is 11.5 Å². The summed E-state index contributed by atoms with van der Waals surface area (Å²) in [4.78, 5) is 24.8. The number of amides is 1. The summed E-state index contributed by atoms with van der Waals surface area (Å²) in [6, 6.07) is 0.906. The number of halogens is 6. The van der Waals surface area contributed by atoms with Crippen LogP contribution in [0.25, 0.3) is 0 Å². The molecule has 0 radical (unpaired) electrons. The van der Waals surface area contributed by atoms with Crippen LogP contribution in [0.1, 0.15) is 21.5 Å². The molecule has 0 bridgehead atoms. The summed E-state index contributed by atoms with van der Waals surface area (Å²) in [7, 11) is 2.69. The van der Waals surface area contributed by atoms with Crippen molar-refractivity contribution in [3.05, 3.63) is 45.2 Å². The van der Waals surface area contributed by atoms with Gasteiger partial charge in [0.15, 0.2) is 0 Å². The van der Waals surface area contributed by atoms with E-state index >= 15 is 0 Å². The lowest BCUT2D eigenvalue weighted by Crippen LogP contribution is -2.27. The molecule has 1 heterocycles. The van der Waals surface area contributed by atoms with Gasteiger partial charge in [0.1, 0.15) is 10.6 Å². The van der Waals surface area contributed by atoms with Crippen molar-refractivity contribution in [3.8, 4) is 0 Å². The zero-order chi connectivity index (χ0) is 19.9. The van der Waals surface area contributed by atoms with Crippen molar-refractivity contribution in [3.63, 3.8) is 0 Å². The molecule has 26 heavy (non-hydrogen) atoms. The monoisotopic (exact) mass is 399 g/mol. The van der Waals surface area contributed by atoms with Gasteiger partial charge in [0.05, 0.1) is 11.1 Å². The average molecular weight is 399 g/mol. The Hall–Kier alpha value is -2.50. The molecule has 12 heteroatoms. The zero-order valence-corrected chi connectivity index (χ0v) is 14.0. The molecule has 0 atom stereocenters. The average Bonchev–Trinajstić information content (AvgIpc) is 2.85. The maximum Gasteiger partial charge on any atom is 0.416 e. The first-order valence-corrected chi connectivity index (χ1v) is 7.62. The van der Waals surface area contributed by atoms with E-state index in [0.717, 1.165) is 4.90 Å². The lowest BCUT2D eigenvalue weighted by molar-refractivity contribution is -0.143. The van der Waals surface area contributed by atoms with E-state index < -0.39 is 46.2 Å². The van der Waals surface area contributed by atoms with Crippen LogP contribution in [0.2, 0.25) is 0 Å². The van der Waals surface area contributed by atoms with Crippen LogP contribution in [0, 0.1) is 0 Å². The number of benzene rings is 1. The number of carbonyl (C=O) groups excluding carboxylic acids is 1. The largest absolute Gasteiger partial charge is 0.416 e. The van der Waals surface area contributed by atoms with Crippen molar-refractivity contribution < 1.29 is 31.1 Å². The van der Waals surface area contributed by atoms with Crippen molar-refractivity contribution >= 4 is 28.1 Å². The van der Waals surface area contributed by atoms with E-state index in [2.05, 4.69) is 9.69 Å². The van der Waals surface area contributed by atoms with Gasteiger partial charge in [0.25, 0.3) is 11.5 Å². The summed E-state index contributed by atoms with van der Waals surface area (Å²) in [5.74, 6) is -0.752. The fraction of sp³-hybridized carbons (Fsp3) is 0.286. The van der Waals surface area contributed by atoms with Crippen molar-refractivity contribution in [1.29, 1.82) is 0 Å². The molecule has 0 aliphatic rings. The summed E-state index contributed by atoms with van der Waals surface area (Å²) in [6.07, 6.45) is -10.0. The molecule has 1 aromatic carbocycles. The van der Waals surface area contributed by atoms with E-state index in [1.165, 1.54) is 14.1 Å². The van der Waals surface area contributed by atoms with Gasteiger partial charge in [0.2, 0.25) is 0 Å². The predicted octanol–water partition coefficient (Wildman–Crippen LogP) is 3.92. The van der Waals surface area contributed by atoms with E-state index in [-0.39, 0.29) is 11.1 Å². The molecule has 142 valence electrons. The number of nitrogens with one attached hydrogen (secondary N) is 2. The molecule has 5 nitrogen and oxygen atoms in total. The maximum atomic E-state index is 12.9. The minimum atomic E-state index is -5.01. The number of H-pyrrole nitrogens is 1. The molecule has 1 aromatic heterocycles. The lowest BCUT2D eigenvalue weighted by Gasteiger charge is -2.15. The molecule has 0 saturated heterocycles. The molecule has 0 aliphatic heterocycles. The quantitative estimate of drug-likeness (QED) is 0.769. The van der Waals surface area contributed by atoms with Crippen molar-refractivity contribution in [2.45, 2.75) is 12.4 Å². The molecule has 2 N–H and O–H groups in total. The highest BCUT2D eigenvalue weighted by atomic mass is 32.1. The molecule has 1 amide bonds. The van der Waals surface area contributed by atoms with Gasteiger partial charge in [0, 0.05) is 19.8 Å². The van der Waals surface area contributed by atoms with Gasteiger partial charge >= 0.3 is 12.4 Å². The third-order valence-corrected chi connectivity index (χ3v) is 3.96.